The van der Waals surface area contributed by atoms with E-state index in [4.69, 9.17) is 4.42 Å². The maximum atomic E-state index is 12.7. The zero-order chi connectivity index (χ0) is 20.2. The molecule has 0 aliphatic rings. The van der Waals surface area contributed by atoms with Crippen molar-refractivity contribution < 1.29 is 9.21 Å². The Balaban J connectivity index is 1.50. The van der Waals surface area contributed by atoms with Crippen molar-refractivity contribution in [1.29, 1.82) is 0 Å². The molecule has 0 radical (unpaired) electrons. The highest BCUT2D eigenvalue weighted by Gasteiger charge is 2.13. The van der Waals surface area contributed by atoms with Gasteiger partial charge in [-0.15, -0.1) is 11.3 Å². The molecular formula is C20H16N4O4S. The molecule has 0 aliphatic heterocycles. The van der Waals surface area contributed by atoms with Gasteiger partial charge in [0.25, 0.3) is 5.56 Å². The summed E-state index contributed by atoms with van der Waals surface area (Å²) in [6.07, 6.45) is 2.97. The summed E-state index contributed by atoms with van der Waals surface area (Å²) in [5.74, 6) is 0.0758. The van der Waals surface area contributed by atoms with Crippen LogP contribution in [0, 0.1) is 0 Å². The molecule has 146 valence electrons. The van der Waals surface area contributed by atoms with Crippen molar-refractivity contribution in [3.8, 4) is 11.5 Å². The molecule has 3 aromatic heterocycles. The van der Waals surface area contributed by atoms with Crippen molar-refractivity contribution in [3.63, 3.8) is 0 Å². The maximum absolute atomic E-state index is 12.7. The third kappa shape index (κ3) is 4.25. The molecule has 0 spiro atoms. The van der Waals surface area contributed by atoms with Crippen LogP contribution in [0.2, 0.25) is 0 Å². The van der Waals surface area contributed by atoms with E-state index in [9.17, 15) is 14.4 Å². The number of benzene rings is 1. The molecule has 0 fully saturated rings. The summed E-state index contributed by atoms with van der Waals surface area (Å²) in [5.41, 5.74) is 0.423. The maximum Gasteiger partial charge on any atom is 0.331 e. The first kappa shape index (κ1) is 18.6. The van der Waals surface area contributed by atoms with Gasteiger partial charge in [0, 0.05) is 17.6 Å². The summed E-state index contributed by atoms with van der Waals surface area (Å²) in [6, 6.07) is 14.2. The number of aromatic nitrogens is 3. The van der Waals surface area contributed by atoms with Gasteiger partial charge in [0.2, 0.25) is 5.91 Å². The second-order valence-corrected chi connectivity index (χ2v) is 7.06. The summed E-state index contributed by atoms with van der Waals surface area (Å²) in [5, 5.41) is 4.72. The van der Waals surface area contributed by atoms with Crippen LogP contribution in [0.25, 0.3) is 11.5 Å². The fourth-order valence-corrected chi connectivity index (χ4v) is 3.49. The number of nitrogens with one attached hydrogen (secondary N) is 1. The average Bonchev–Trinajstić information content (AvgIpc) is 3.40. The first-order chi connectivity index (χ1) is 14.1. The van der Waals surface area contributed by atoms with E-state index in [0.717, 1.165) is 10.1 Å². The van der Waals surface area contributed by atoms with Crippen LogP contribution in [0.4, 0.5) is 5.13 Å². The number of hydrogen-bond acceptors (Lipinski definition) is 6. The van der Waals surface area contributed by atoms with E-state index in [1.807, 2.05) is 30.3 Å². The molecular weight excluding hydrogens is 392 g/mol. The van der Waals surface area contributed by atoms with Gasteiger partial charge in [-0.25, -0.2) is 9.78 Å². The predicted molar refractivity (Wildman–Crippen MR) is 109 cm³/mol. The van der Waals surface area contributed by atoms with Crippen LogP contribution in [-0.4, -0.2) is 20.0 Å². The van der Waals surface area contributed by atoms with Crippen LogP contribution < -0.4 is 16.6 Å². The van der Waals surface area contributed by atoms with Crippen LogP contribution in [-0.2, 0) is 17.9 Å². The molecule has 1 N–H and O–H groups in total. The van der Waals surface area contributed by atoms with E-state index in [2.05, 4.69) is 10.3 Å². The number of rotatable bonds is 6. The molecule has 4 rings (SSSR count). The fourth-order valence-electron chi connectivity index (χ4n) is 2.77. The Hall–Kier alpha value is -3.72. The van der Waals surface area contributed by atoms with Crippen molar-refractivity contribution in [2.24, 2.45) is 0 Å². The van der Waals surface area contributed by atoms with Crippen LogP contribution in [0.1, 0.15) is 5.56 Å². The lowest BCUT2D eigenvalue weighted by atomic mass is 10.2. The average molecular weight is 408 g/mol. The number of furan rings is 1. The number of anilines is 1. The first-order valence-corrected chi connectivity index (χ1v) is 9.61. The first-order valence-electron chi connectivity index (χ1n) is 8.73. The van der Waals surface area contributed by atoms with Crippen molar-refractivity contribution in [3.05, 3.63) is 92.8 Å². The van der Waals surface area contributed by atoms with E-state index < -0.39 is 23.7 Å². The van der Waals surface area contributed by atoms with Gasteiger partial charge in [0.05, 0.1) is 12.8 Å². The molecule has 9 heteroatoms. The second-order valence-electron chi connectivity index (χ2n) is 6.20. The van der Waals surface area contributed by atoms with E-state index in [1.54, 1.807) is 17.5 Å². The molecule has 0 unspecified atom stereocenters. The minimum absolute atomic E-state index is 0.306. The van der Waals surface area contributed by atoms with Crippen molar-refractivity contribution >= 4 is 22.4 Å². The normalized spacial score (nSPS) is 10.8. The van der Waals surface area contributed by atoms with E-state index in [-0.39, 0.29) is 0 Å². The van der Waals surface area contributed by atoms with Gasteiger partial charge in [-0.2, -0.15) is 0 Å². The van der Waals surface area contributed by atoms with Crippen LogP contribution in [0.15, 0.2) is 80.4 Å². The van der Waals surface area contributed by atoms with Gasteiger partial charge in [0.1, 0.15) is 12.2 Å². The minimum atomic E-state index is -0.549. The summed E-state index contributed by atoms with van der Waals surface area (Å²) in [4.78, 5) is 41.4. The lowest BCUT2D eigenvalue weighted by Gasteiger charge is -2.09. The molecule has 1 amide bonds. The summed E-state index contributed by atoms with van der Waals surface area (Å²) < 4.78 is 7.56. The number of amides is 1. The van der Waals surface area contributed by atoms with Gasteiger partial charge < -0.3 is 9.73 Å². The number of carbonyl (C=O) groups excluding carboxylic acids is 1. The Morgan fingerprint density at radius 2 is 1.93 bits per heavy atom. The lowest BCUT2D eigenvalue weighted by molar-refractivity contribution is -0.116. The number of carbonyl (C=O) groups is 1. The van der Waals surface area contributed by atoms with Gasteiger partial charge >= 0.3 is 5.69 Å². The zero-order valence-electron chi connectivity index (χ0n) is 15.1. The van der Waals surface area contributed by atoms with Gasteiger partial charge in [-0.05, 0) is 17.7 Å². The standard InChI is InChI=1S/C20H16N4O4S/c25-17(22-19-21-15(13-29-19)16-7-4-10-28-16)12-24-18(26)8-9-23(20(24)27)11-14-5-2-1-3-6-14/h1-10,13H,11-12H2,(H,21,22,25). The van der Waals surface area contributed by atoms with Crippen LogP contribution >= 0.6 is 11.3 Å². The van der Waals surface area contributed by atoms with Crippen molar-refractivity contribution in [1.82, 2.24) is 14.1 Å². The Kier molecular flexibility index (Phi) is 5.21. The Bertz CT molecular complexity index is 1240. The molecule has 0 saturated heterocycles. The highest BCUT2D eigenvalue weighted by atomic mass is 32.1. The summed E-state index contributed by atoms with van der Waals surface area (Å²) in [7, 11) is 0. The highest BCUT2D eigenvalue weighted by molar-refractivity contribution is 7.14. The van der Waals surface area contributed by atoms with Crippen LogP contribution in [0.5, 0.6) is 0 Å². The fraction of sp³-hybridized carbons (Fsp3) is 0.100. The molecule has 0 saturated carbocycles. The largest absolute Gasteiger partial charge is 0.463 e. The predicted octanol–water partition coefficient (Wildman–Crippen LogP) is 2.41. The van der Waals surface area contributed by atoms with E-state index in [1.165, 1.54) is 34.4 Å². The van der Waals surface area contributed by atoms with E-state index in [0.29, 0.717) is 23.1 Å². The van der Waals surface area contributed by atoms with Crippen LogP contribution in [0.3, 0.4) is 0 Å². The Morgan fingerprint density at radius 3 is 2.69 bits per heavy atom. The third-order valence-corrected chi connectivity index (χ3v) is 4.92. The third-order valence-electron chi connectivity index (χ3n) is 4.16. The Morgan fingerprint density at radius 1 is 1.10 bits per heavy atom. The SMILES string of the molecule is O=C(Cn1c(=O)ccn(Cc2ccccc2)c1=O)Nc1nc(-c2ccco2)cs1. The van der Waals surface area contributed by atoms with Gasteiger partial charge in [-0.1, -0.05) is 30.3 Å². The van der Waals surface area contributed by atoms with Gasteiger partial charge in [-0.3, -0.25) is 18.7 Å². The smallest absolute Gasteiger partial charge is 0.331 e. The number of nitrogens with zero attached hydrogens (tertiary/aromatic N) is 3. The van der Waals surface area contributed by atoms with Crippen molar-refractivity contribution in [2.45, 2.75) is 13.1 Å². The monoisotopic (exact) mass is 408 g/mol. The Labute approximate surface area is 168 Å². The zero-order valence-corrected chi connectivity index (χ0v) is 16.0. The molecule has 8 nitrogen and oxygen atoms in total. The molecule has 1 aromatic carbocycles. The minimum Gasteiger partial charge on any atom is -0.463 e. The molecule has 29 heavy (non-hydrogen) atoms. The quantitative estimate of drug-likeness (QED) is 0.528. The lowest BCUT2D eigenvalue weighted by Crippen LogP contribution is -2.41. The topological polar surface area (TPSA) is 99.1 Å². The van der Waals surface area contributed by atoms with Crippen molar-refractivity contribution in [2.75, 3.05) is 5.32 Å². The molecule has 3 heterocycles. The summed E-state index contributed by atoms with van der Waals surface area (Å²) in [6.45, 7) is -0.0937. The molecule has 0 aliphatic carbocycles. The number of thiazole rings is 1. The number of hydrogen-bond donors (Lipinski definition) is 1. The molecule has 4 aromatic rings. The highest BCUT2D eigenvalue weighted by Crippen LogP contribution is 2.24. The van der Waals surface area contributed by atoms with E-state index >= 15 is 0 Å². The molecule has 0 atom stereocenters. The summed E-state index contributed by atoms with van der Waals surface area (Å²) >= 11 is 1.23. The molecule has 0 bridgehead atoms. The van der Waals surface area contributed by atoms with Gasteiger partial charge in [0.15, 0.2) is 10.9 Å². The second kappa shape index (κ2) is 8.11.